The van der Waals surface area contributed by atoms with Gasteiger partial charge in [0.1, 0.15) is 10.7 Å². The van der Waals surface area contributed by atoms with Gasteiger partial charge in [-0.1, -0.05) is 32.9 Å². The van der Waals surface area contributed by atoms with E-state index in [1.807, 2.05) is 6.92 Å². The number of aliphatic hydroxyl groups is 1. The summed E-state index contributed by atoms with van der Waals surface area (Å²) in [6.45, 7) is 8.97. The Balaban J connectivity index is 2.09. The molecule has 0 aliphatic heterocycles. The first-order valence-corrected chi connectivity index (χ1v) is 7.31. The van der Waals surface area contributed by atoms with E-state index in [-0.39, 0.29) is 5.41 Å². The SMILES string of the molecule is CCC(O)c1cn(Cc2nc(C(C)(C)C)cs2)nn1. The molecule has 0 amide bonds. The summed E-state index contributed by atoms with van der Waals surface area (Å²) in [5, 5.41) is 20.8. The zero-order chi connectivity index (χ0) is 14.0. The summed E-state index contributed by atoms with van der Waals surface area (Å²) >= 11 is 1.63. The molecule has 0 aliphatic carbocycles. The molecule has 0 bridgehead atoms. The summed E-state index contributed by atoms with van der Waals surface area (Å²) in [6.07, 6.45) is 1.89. The quantitative estimate of drug-likeness (QED) is 0.934. The molecule has 0 aliphatic rings. The Morgan fingerprint density at radius 1 is 1.42 bits per heavy atom. The number of aliphatic hydroxyl groups excluding tert-OH is 1. The van der Waals surface area contributed by atoms with Crippen molar-refractivity contribution in [1.29, 1.82) is 0 Å². The Kier molecular flexibility index (Phi) is 4.01. The van der Waals surface area contributed by atoms with Crippen LogP contribution < -0.4 is 0 Å². The molecule has 0 aromatic carbocycles. The average Bonchev–Trinajstić information content (AvgIpc) is 2.97. The third kappa shape index (κ3) is 3.39. The number of rotatable bonds is 4. The molecular weight excluding hydrogens is 260 g/mol. The predicted octanol–water partition coefficient (Wildman–Crippen LogP) is 2.52. The standard InChI is InChI=1S/C13H20N4OS/c1-5-10(18)9-6-17(16-15-9)7-12-14-11(8-19-12)13(2,3)4/h6,8,10,18H,5,7H2,1-4H3. The van der Waals surface area contributed by atoms with Gasteiger partial charge in [-0.25, -0.2) is 9.67 Å². The number of aromatic nitrogens is 4. The summed E-state index contributed by atoms with van der Waals surface area (Å²) in [4.78, 5) is 4.62. The maximum Gasteiger partial charge on any atom is 0.114 e. The first-order chi connectivity index (χ1) is 8.90. The molecule has 2 rings (SSSR count). The summed E-state index contributed by atoms with van der Waals surface area (Å²) in [5.74, 6) is 0. The second-order valence-electron chi connectivity index (χ2n) is 5.64. The van der Waals surface area contributed by atoms with Crippen LogP contribution >= 0.6 is 11.3 Å². The zero-order valence-corrected chi connectivity index (χ0v) is 12.6. The van der Waals surface area contributed by atoms with Crippen LogP contribution in [0.2, 0.25) is 0 Å². The Bertz CT molecular complexity index is 541. The highest BCUT2D eigenvalue weighted by Crippen LogP contribution is 2.24. The zero-order valence-electron chi connectivity index (χ0n) is 11.8. The van der Waals surface area contributed by atoms with Crippen molar-refractivity contribution in [3.8, 4) is 0 Å². The van der Waals surface area contributed by atoms with Crippen LogP contribution in [0.5, 0.6) is 0 Å². The van der Waals surface area contributed by atoms with Crippen molar-refractivity contribution in [3.05, 3.63) is 28.0 Å². The van der Waals surface area contributed by atoms with Gasteiger partial charge in [0.25, 0.3) is 0 Å². The summed E-state index contributed by atoms with van der Waals surface area (Å²) in [7, 11) is 0. The van der Waals surface area contributed by atoms with Crippen molar-refractivity contribution in [1.82, 2.24) is 20.0 Å². The van der Waals surface area contributed by atoms with E-state index in [4.69, 9.17) is 0 Å². The van der Waals surface area contributed by atoms with Crippen LogP contribution in [0.25, 0.3) is 0 Å². The molecule has 5 nitrogen and oxygen atoms in total. The van der Waals surface area contributed by atoms with E-state index in [0.717, 1.165) is 10.7 Å². The number of hydrogen-bond donors (Lipinski definition) is 1. The highest BCUT2D eigenvalue weighted by atomic mass is 32.1. The van der Waals surface area contributed by atoms with E-state index in [0.29, 0.717) is 18.7 Å². The fraction of sp³-hybridized carbons (Fsp3) is 0.615. The Hall–Kier alpha value is -1.27. The van der Waals surface area contributed by atoms with Gasteiger partial charge in [-0.15, -0.1) is 16.4 Å². The molecular formula is C13H20N4OS. The van der Waals surface area contributed by atoms with Crippen molar-refractivity contribution in [3.63, 3.8) is 0 Å². The van der Waals surface area contributed by atoms with Crippen molar-refractivity contribution in [2.75, 3.05) is 0 Å². The van der Waals surface area contributed by atoms with Crippen molar-refractivity contribution < 1.29 is 5.11 Å². The second-order valence-corrected chi connectivity index (χ2v) is 6.58. The second kappa shape index (κ2) is 5.38. The monoisotopic (exact) mass is 280 g/mol. The van der Waals surface area contributed by atoms with Crippen LogP contribution in [0.4, 0.5) is 0 Å². The third-order valence-electron chi connectivity index (χ3n) is 2.90. The van der Waals surface area contributed by atoms with Gasteiger partial charge in [-0.3, -0.25) is 0 Å². The van der Waals surface area contributed by atoms with E-state index in [1.165, 1.54) is 0 Å². The van der Waals surface area contributed by atoms with E-state index < -0.39 is 6.10 Å². The molecule has 1 N–H and O–H groups in total. The van der Waals surface area contributed by atoms with Crippen LogP contribution in [0.3, 0.4) is 0 Å². The van der Waals surface area contributed by atoms with Gasteiger partial charge in [0.2, 0.25) is 0 Å². The molecule has 2 aromatic rings. The molecule has 2 heterocycles. The summed E-state index contributed by atoms with van der Waals surface area (Å²) in [5.41, 5.74) is 1.79. The van der Waals surface area contributed by atoms with Crippen molar-refractivity contribution in [2.24, 2.45) is 0 Å². The molecule has 6 heteroatoms. The molecule has 2 aromatic heterocycles. The lowest BCUT2D eigenvalue weighted by molar-refractivity contribution is 0.168. The lowest BCUT2D eigenvalue weighted by Gasteiger charge is -2.14. The predicted molar refractivity (Wildman–Crippen MR) is 75.2 cm³/mol. The third-order valence-corrected chi connectivity index (χ3v) is 3.74. The van der Waals surface area contributed by atoms with Gasteiger partial charge in [0.05, 0.1) is 24.5 Å². The minimum atomic E-state index is -0.532. The largest absolute Gasteiger partial charge is 0.387 e. The minimum Gasteiger partial charge on any atom is -0.387 e. The summed E-state index contributed by atoms with van der Waals surface area (Å²) < 4.78 is 1.72. The number of hydrogen-bond acceptors (Lipinski definition) is 5. The Morgan fingerprint density at radius 3 is 2.74 bits per heavy atom. The van der Waals surface area contributed by atoms with Gasteiger partial charge < -0.3 is 5.11 Å². The van der Waals surface area contributed by atoms with Gasteiger partial charge in [-0.2, -0.15) is 0 Å². The molecule has 104 valence electrons. The van der Waals surface area contributed by atoms with Gasteiger partial charge in [0, 0.05) is 10.8 Å². The van der Waals surface area contributed by atoms with Crippen molar-refractivity contribution in [2.45, 2.75) is 52.2 Å². The molecule has 1 unspecified atom stereocenters. The van der Waals surface area contributed by atoms with Crippen LogP contribution in [0, 0.1) is 0 Å². The van der Waals surface area contributed by atoms with Crippen molar-refractivity contribution >= 4 is 11.3 Å². The summed E-state index contributed by atoms with van der Waals surface area (Å²) in [6, 6.07) is 0. The molecule has 19 heavy (non-hydrogen) atoms. The van der Waals surface area contributed by atoms with Gasteiger partial charge >= 0.3 is 0 Å². The highest BCUT2D eigenvalue weighted by molar-refractivity contribution is 7.09. The van der Waals surface area contributed by atoms with Crippen LogP contribution in [0.15, 0.2) is 11.6 Å². The number of nitrogens with zero attached hydrogens (tertiary/aromatic N) is 4. The van der Waals surface area contributed by atoms with E-state index in [2.05, 4.69) is 41.4 Å². The maximum atomic E-state index is 9.69. The van der Waals surface area contributed by atoms with Crippen LogP contribution in [-0.4, -0.2) is 25.1 Å². The first-order valence-electron chi connectivity index (χ1n) is 6.43. The molecule has 0 saturated heterocycles. The van der Waals surface area contributed by atoms with Crippen LogP contribution in [-0.2, 0) is 12.0 Å². The molecule has 0 saturated carbocycles. The topological polar surface area (TPSA) is 63.8 Å². The fourth-order valence-corrected chi connectivity index (χ4v) is 2.63. The number of thiazole rings is 1. The highest BCUT2D eigenvalue weighted by Gasteiger charge is 2.18. The molecule has 0 fully saturated rings. The Labute approximate surface area is 117 Å². The van der Waals surface area contributed by atoms with Gasteiger partial charge in [0.15, 0.2) is 0 Å². The normalized spacial score (nSPS) is 13.7. The molecule has 0 radical (unpaired) electrons. The first kappa shape index (κ1) is 14.1. The minimum absolute atomic E-state index is 0.0701. The fourth-order valence-electron chi connectivity index (χ4n) is 1.62. The maximum absolute atomic E-state index is 9.69. The van der Waals surface area contributed by atoms with E-state index in [1.54, 1.807) is 22.2 Å². The van der Waals surface area contributed by atoms with Gasteiger partial charge in [-0.05, 0) is 6.42 Å². The van der Waals surface area contributed by atoms with E-state index >= 15 is 0 Å². The van der Waals surface area contributed by atoms with Crippen LogP contribution in [0.1, 0.15) is 56.6 Å². The molecule has 1 atom stereocenters. The van der Waals surface area contributed by atoms with E-state index in [9.17, 15) is 5.11 Å². The lowest BCUT2D eigenvalue weighted by Crippen LogP contribution is -2.12. The smallest absolute Gasteiger partial charge is 0.114 e. The lowest BCUT2D eigenvalue weighted by atomic mass is 9.93. The average molecular weight is 280 g/mol. The Morgan fingerprint density at radius 2 is 2.16 bits per heavy atom. The molecule has 0 spiro atoms.